The first-order valence-corrected chi connectivity index (χ1v) is 17.9. The van der Waals surface area contributed by atoms with Gasteiger partial charge in [-0.25, -0.2) is 0 Å². The summed E-state index contributed by atoms with van der Waals surface area (Å²) in [4.78, 5) is 60.3. The van der Waals surface area contributed by atoms with Gasteiger partial charge < -0.3 is 29.7 Å². The Bertz CT molecular complexity index is 1440. The number of unbranched alkanes of at least 4 members (excludes halogenated alkanes) is 2. The van der Waals surface area contributed by atoms with Gasteiger partial charge in [0.25, 0.3) is 0 Å². The third kappa shape index (κ3) is 7.28. The van der Waals surface area contributed by atoms with Gasteiger partial charge in [0.2, 0.25) is 17.7 Å². The lowest BCUT2D eigenvalue weighted by Gasteiger charge is -2.45. The molecule has 48 heavy (non-hydrogen) atoms. The number of nitrogens with zero attached hydrogens (tertiary/aromatic N) is 2. The molecule has 2 saturated heterocycles. The molecule has 1 spiro atoms. The molecule has 5 rings (SSSR count). The number of hydrogen-bond acceptors (Lipinski definition) is 7. The van der Waals surface area contributed by atoms with Crippen LogP contribution in [0.15, 0.2) is 53.0 Å². The van der Waals surface area contributed by atoms with Gasteiger partial charge in [0, 0.05) is 36.1 Å². The van der Waals surface area contributed by atoms with Crippen molar-refractivity contribution in [2.24, 2.45) is 17.3 Å². The van der Waals surface area contributed by atoms with Gasteiger partial charge in [0.05, 0.1) is 17.9 Å². The number of esters is 1. The zero-order valence-corrected chi connectivity index (χ0v) is 30.3. The monoisotopic (exact) mass is 727 g/mol. The van der Waals surface area contributed by atoms with E-state index in [-0.39, 0.29) is 49.4 Å². The number of likely N-dealkylation sites (tertiary alicyclic amines) is 1. The van der Waals surface area contributed by atoms with Crippen LogP contribution in [0.2, 0.25) is 0 Å². The molecule has 10 nitrogen and oxygen atoms in total. The SMILES string of the molecule is CC(C)(C)CC(C)(C)N1C/C=C\CCC(=O)OC[C@H](c2ccccc2)NC(=O)[C@H]2[C@@H]3O[C@@]4(C=C3Br)[C@@H]2C(=O)N(CCCCCO)[C@@H]4C1=O. The van der Waals surface area contributed by atoms with Crippen LogP contribution in [0.25, 0.3) is 0 Å². The van der Waals surface area contributed by atoms with Gasteiger partial charge in [-0.15, -0.1) is 0 Å². The number of carbonyl (C=O) groups is 4. The molecule has 3 amide bonds. The number of fused-ring (bicyclic) bond motifs is 2. The zero-order chi connectivity index (χ0) is 34.9. The number of aliphatic hydroxyl groups excluding tert-OH is 1. The van der Waals surface area contributed by atoms with E-state index in [9.17, 15) is 19.5 Å². The van der Waals surface area contributed by atoms with Gasteiger partial charge in [-0.3, -0.25) is 19.2 Å². The molecule has 4 aliphatic heterocycles. The Balaban J connectivity index is 1.60. The molecule has 1 aromatic rings. The number of benzene rings is 1. The van der Waals surface area contributed by atoms with Crippen molar-refractivity contribution in [2.45, 2.75) is 102 Å². The van der Waals surface area contributed by atoms with Gasteiger partial charge in [-0.05, 0) is 63.0 Å². The predicted octanol–water partition coefficient (Wildman–Crippen LogP) is 4.82. The number of hydrogen-bond donors (Lipinski definition) is 2. The van der Waals surface area contributed by atoms with E-state index >= 15 is 4.79 Å². The summed E-state index contributed by atoms with van der Waals surface area (Å²) in [7, 11) is 0. The molecule has 4 heterocycles. The maximum absolute atomic E-state index is 15.1. The van der Waals surface area contributed by atoms with E-state index in [1.54, 1.807) is 4.90 Å². The van der Waals surface area contributed by atoms with Crippen molar-refractivity contribution < 1.29 is 33.8 Å². The highest BCUT2D eigenvalue weighted by molar-refractivity contribution is 9.11. The summed E-state index contributed by atoms with van der Waals surface area (Å²) in [6.45, 7) is 11.0. The minimum atomic E-state index is -1.35. The molecular weight excluding hydrogens is 678 g/mol. The Labute approximate surface area is 292 Å². The van der Waals surface area contributed by atoms with Gasteiger partial charge in [0.15, 0.2) is 0 Å². The van der Waals surface area contributed by atoms with Crippen molar-refractivity contribution in [3.63, 3.8) is 0 Å². The Morgan fingerprint density at radius 3 is 2.42 bits per heavy atom. The van der Waals surface area contributed by atoms with Crippen LogP contribution in [0.4, 0.5) is 0 Å². The Morgan fingerprint density at radius 1 is 1.00 bits per heavy atom. The van der Waals surface area contributed by atoms with Crippen LogP contribution in [0.3, 0.4) is 0 Å². The molecule has 0 saturated carbocycles. The van der Waals surface area contributed by atoms with Crippen molar-refractivity contribution in [1.29, 1.82) is 0 Å². The molecule has 0 unspecified atom stereocenters. The van der Waals surface area contributed by atoms with Crippen LogP contribution in [-0.4, -0.2) is 88.2 Å². The first kappa shape index (κ1) is 36.3. The summed E-state index contributed by atoms with van der Waals surface area (Å²) in [5.41, 5.74) is -1.30. The van der Waals surface area contributed by atoms with Crippen molar-refractivity contribution in [1.82, 2.24) is 15.1 Å². The number of amides is 3. The fourth-order valence-electron chi connectivity index (χ4n) is 8.20. The van der Waals surface area contributed by atoms with Crippen LogP contribution in [-0.2, 0) is 28.7 Å². The number of cyclic esters (lactones) is 1. The number of carbonyl (C=O) groups excluding carboxylic acids is 4. The molecule has 11 heteroatoms. The van der Waals surface area contributed by atoms with Gasteiger partial charge >= 0.3 is 5.97 Å². The first-order valence-electron chi connectivity index (χ1n) is 17.1. The van der Waals surface area contributed by atoms with Gasteiger partial charge in [0.1, 0.15) is 24.4 Å². The average Bonchev–Trinajstić information content (AvgIpc) is 3.60. The minimum Gasteiger partial charge on any atom is -0.463 e. The largest absolute Gasteiger partial charge is 0.463 e. The van der Waals surface area contributed by atoms with E-state index in [0.717, 1.165) is 5.56 Å². The molecule has 5 bridgehead atoms. The van der Waals surface area contributed by atoms with Crippen LogP contribution in [0.1, 0.15) is 84.7 Å². The number of nitrogens with one attached hydrogen (secondary N) is 1. The highest BCUT2D eigenvalue weighted by Crippen LogP contribution is 2.59. The van der Waals surface area contributed by atoms with Gasteiger partial charge in [-0.2, -0.15) is 0 Å². The molecule has 4 aliphatic rings. The number of rotatable bonds is 8. The van der Waals surface area contributed by atoms with E-state index in [0.29, 0.717) is 43.1 Å². The highest BCUT2D eigenvalue weighted by Gasteiger charge is 2.74. The molecule has 262 valence electrons. The summed E-state index contributed by atoms with van der Waals surface area (Å²) in [6.07, 6.45) is 8.03. The fraction of sp³-hybridized carbons (Fsp3) is 0.622. The maximum Gasteiger partial charge on any atom is 0.306 e. The number of halogens is 1. The maximum atomic E-state index is 15.1. The molecular formula is C37H50BrN3O7. The second kappa shape index (κ2) is 14.5. The van der Waals surface area contributed by atoms with E-state index < -0.39 is 47.1 Å². The lowest BCUT2D eigenvalue weighted by Crippen LogP contribution is -2.60. The van der Waals surface area contributed by atoms with Crippen molar-refractivity contribution in [3.8, 4) is 0 Å². The van der Waals surface area contributed by atoms with E-state index in [1.807, 2.05) is 67.3 Å². The second-order valence-corrected chi connectivity index (χ2v) is 16.2. The summed E-state index contributed by atoms with van der Waals surface area (Å²) in [6, 6.07) is 7.65. The van der Waals surface area contributed by atoms with E-state index in [1.165, 1.54) is 0 Å². The lowest BCUT2D eigenvalue weighted by molar-refractivity contribution is -0.152. The lowest BCUT2D eigenvalue weighted by atomic mass is 9.73. The van der Waals surface area contributed by atoms with E-state index in [2.05, 4.69) is 42.0 Å². The Hall–Kier alpha value is -3.02. The van der Waals surface area contributed by atoms with Crippen LogP contribution in [0.5, 0.6) is 0 Å². The molecule has 0 aromatic heterocycles. The Morgan fingerprint density at radius 2 is 1.73 bits per heavy atom. The number of ether oxygens (including phenoxy) is 2. The quantitative estimate of drug-likeness (QED) is 0.224. The van der Waals surface area contributed by atoms with Crippen LogP contribution in [0, 0.1) is 17.3 Å². The predicted molar refractivity (Wildman–Crippen MR) is 185 cm³/mol. The summed E-state index contributed by atoms with van der Waals surface area (Å²) < 4.78 is 13.0. The Kier molecular flexibility index (Phi) is 10.9. The first-order chi connectivity index (χ1) is 22.7. The fourth-order valence-corrected chi connectivity index (χ4v) is 8.94. The summed E-state index contributed by atoms with van der Waals surface area (Å²) in [5, 5.41) is 12.5. The highest BCUT2D eigenvalue weighted by atomic mass is 79.9. The molecule has 2 N–H and O–H groups in total. The van der Waals surface area contributed by atoms with E-state index in [4.69, 9.17) is 9.47 Å². The molecule has 2 fully saturated rings. The topological polar surface area (TPSA) is 125 Å². The molecule has 0 aliphatic carbocycles. The van der Waals surface area contributed by atoms with Crippen LogP contribution >= 0.6 is 15.9 Å². The average molecular weight is 729 g/mol. The third-order valence-corrected chi connectivity index (χ3v) is 10.6. The normalized spacial score (nSPS) is 30.6. The minimum absolute atomic E-state index is 0.0462. The standard InChI is InChI=1S/C37H50BrN3O7/c1-35(2,3)23-36(4,5)41-19-13-7-11-17-27(43)47-22-26(24-15-9-6-10-16-24)39-32(44)28-29-33(45)40(18-12-8-14-20-42)31(34(41)46)37(29)21-25(38)30(28)48-37/h6-7,9-10,13,15-16,21,26,28-31,42H,8,11-12,14,17-20,22-23H2,1-5H3,(H,39,44)/b13-7-/t26-,28-,29+,30-,31-,37+/m1/s1. The number of allylic oxidation sites excluding steroid dienone is 1. The molecule has 6 atom stereocenters. The smallest absolute Gasteiger partial charge is 0.306 e. The molecule has 0 radical (unpaired) electrons. The summed E-state index contributed by atoms with van der Waals surface area (Å²) in [5.74, 6) is -3.16. The zero-order valence-electron chi connectivity index (χ0n) is 28.7. The van der Waals surface area contributed by atoms with Crippen LogP contribution < -0.4 is 5.32 Å². The molecule has 1 aromatic carbocycles. The van der Waals surface area contributed by atoms with Crippen molar-refractivity contribution in [2.75, 3.05) is 26.3 Å². The number of aliphatic hydroxyl groups is 1. The van der Waals surface area contributed by atoms with Crippen molar-refractivity contribution >= 4 is 39.6 Å². The second-order valence-electron chi connectivity index (χ2n) is 15.3. The van der Waals surface area contributed by atoms with Gasteiger partial charge in [-0.1, -0.05) is 79.2 Å². The summed E-state index contributed by atoms with van der Waals surface area (Å²) >= 11 is 3.65. The third-order valence-electron chi connectivity index (χ3n) is 9.88. The van der Waals surface area contributed by atoms with Crippen molar-refractivity contribution in [3.05, 3.63) is 58.6 Å².